The van der Waals surface area contributed by atoms with Gasteiger partial charge in [0.05, 0.1) is 13.2 Å². The Balaban J connectivity index is 2.32. The van der Waals surface area contributed by atoms with E-state index in [0.29, 0.717) is 0 Å². The van der Waals surface area contributed by atoms with Crippen molar-refractivity contribution in [2.45, 2.75) is 11.8 Å². The first-order valence-electron chi connectivity index (χ1n) is 6.45. The summed E-state index contributed by atoms with van der Waals surface area (Å²) < 4.78 is 0. The molecular weight excluding hydrogens is 256 g/mol. The van der Waals surface area contributed by atoms with Gasteiger partial charge in [0.15, 0.2) is 0 Å². The molecule has 2 atom stereocenters. The number of benzene rings is 2. The normalized spacial score (nSPS) is 13.9. The Bertz CT molecular complexity index is 482. The molecule has 2 aromatic carbocycles. The van der Waals surface area contributed by atoms with Crippen LogP contribution in [0.15, 0.2) is 48.5 Å². The van der Waals surface area contributed by atoms with Gasteiger partial charge in [-0.15, -0.1) is 0 Å². The molecule has 0 aliphatic carbocycles. The first-order chi connectivity index (χ1) is 9.65. The minimum atomic E-state index is -0.273. The fourth-order valence-electron chi connectivity index (χ4n) is 2.37. The second-order valence-electron chi connectivity index (χ2n) is 4.76. The van der Waals surface area contributed by atoms with Gasteiger partial charge in [-0.2, -0.15) is 0 Å². The highest BCUT2D eigenvalue weighted by Gasteiger charge is 2.23. The van der Waals surface area contributed by atoms with Crippen molar-refractivity contribution in [3.8, 4) is 11.5 Å². The lowest BCUT2D eigenvalue weighted by molar-refractivity contribution is 0.196. The van der Waals surface area contributed by atoms with E-state index in [2.05, 4.69) is 0 Å². The molecule has 4 N–H and O–H groups in total. The molecular formula is C16H18O4. The van der Waals surface area contributed by atoms with E-state index in [-0.39, 0.29) is 36.5 Å². The molecule has 0 spiro atoms. The number of aromatic hydroxyl groups is 2. The van der Waals surface area contributed by atoms with E-state index in [9.17, 15) is 20.4 Å². The molecule has 0 radical (unpaired) electrons. The molecule has 0 amide bonds. The second-order valence-corrected chi connectivity index (χ2v) is 4.76. The molecule has 4 nitrogen and oxygen atoms in total. The molecule has 0 aliphatic rings. The minimum Gasteiger partial charge on any atom is -0.508 e. The quantitative estimate of drug-likeness (QED) is 0.672. The zero-order valence-electron chi connectivity index (χ0n) is 11.0. The van der Waals surface area contributed by atoms with Crippen molar-refractivity contribution in [2.24, 2.45) is 0 Å². The molecule has 0 saturated heterocycles. The predicted octanol–water partition coefficient (Wildman–Crippen LogP) is 1.95. The van der Waals surface area contributed by atoms with Crippen LogP contribution < -0.4 is 0 Å². The molecule has 2 rings (SSSR count). The number of aliphatic hydroxyl groups excluding tert-OH is 2. The van der Waals surface area contributed by atoms with Gasteiger partial charge in [-0.1, -0.05) is 24.3 Å². The Morgan fingerprint density at radius 2 is 0.900 bits per heavy atom. The van der Waals surface area contributed by atoms with E-state index < -0.39 is 0 Å². The van der Waals surface area contributed by atoms with Gasteiger partial charge in [0.1, 0.15) is 11.5 Å². The van der Waals surface area contributed by atoms with E-state index in [1.165, 1.54) is 0 Å². The van der Waals surface area contributed by atoms with E-state index in [4.69, 9.17) is 0 Å². The van der Waals surface area contributed by atoms with Crippen LogP contribution in [0.2, 0.25) is 0 Å². The summed E-state index contributed by atoms with van der Waals surface area (Å²) in [6.45, 7) is -0.228. The summed E-state index contributed by atoms with van der Waals surface area (Å²) in [6, 6.07) is 13.2. The fraction of sp³-hybridized carbons (Fsp3) is 0.250. The maximum atomic E-state index is 9.64. The lowest BCUT2D eigenvalue weighted by atomic mass is 9.82. The zero-order chi connectivity index (χ0) is 14.5. The van der Waals surface area contributed by atoms with Crippen LogP contribution in [0, 0.1) is 0 Å². The third-order valence-electron chi connectivity index (χ3n) is 3.52. The number of hydrogen-bond acceptors (Lipinski definition) is 4. The van der Waals surface area contributed by atoms with E-state index in [0.717, 1.165) is 11.1 Å². The molecule has 0 aliphatic heterocycles. The van der Waals surface area contributed by atoms with Crippen LogP contribution in [0.1, 0.15) is 23.0 Å². The van der Waals surface area contributed by atoms with Gasteiger partial charge in [0, 0.05) is 11.8 Å². The van der Waals surface area contributed by atoms with E-state index in [1.807, 2.05) is 0 Å². The summed E-state index contributed by atoms with van der Waals surface area (Å²) in [6.07, 6.45) is 0. The molecule has 2 aromatic rings. The Morgan fingerprint density at radius 3 is 1.15 bits per heavy atom. The molecule has 4 heteroatoms. The van der Waals surface area contributed by atoms with Gasteiger partial charge in [-0.25, -0.2) is 0 Å². The fourth-order valence-corrected chi connectivity index (χ4v) is 2.37. The monoisotopic (exact) mass is 274 g/mol. The van der Waals surface area contributed by atoms with Gasteiger partial charge in [0.2, 0.25) is 0 Å². The molecule has 0 heterocycles. The lowest BCUT2D eigenvalue weighted by Crippen LogP contribution is -2.18. The SMILES string of the molecule is OC[C@H](c1ccc(O)cc1)[C@@H](CO)c1ccc(O)cc1. The lowest BCUT2D eigenvalue weighted by Gasteiger charge is -2.25. The van der Waals surface area contributed by atoms with Crippen molar-refractivity contribution in [1.29, 1.82) is 0 Å². The number of hydrogen-bond donors (Lipinski definition) is 4. The van der Waals surface area contributed by atoms with Crippen LogP contribution >= 0.6 is 0 Å². The van der Waals surface area contributed by atoms with Gasteiger partial charge in [-0.05, 0) is 35.4 Å². The maximum absolute atomic E-state index is 9.64. The third kappa shape index (κ3) is 3.10. The van der Waals surface area contributed by atoms with Crippen LogP contribution in [0.5, 0.6) is 11.5 Å². The van der Waals surface area contributed by atoms with Gasteiger partial charge in [-0.3, -0.25) is 0 Å². The van der Waals surface area contributed by atoms with Crippen molar-refractivity contribution in [3.63, 3.8) is 0 Å². The number of rotatable bonds is 5. The summed E-state index contributed by atoms with van der Waals surface area (Å²) in [4.78, 5) is 0. The van der Waals surface area contributed by atoms with E-state index >= 15 is 0 Å². The molecule has 0 unspecified atom stereocenters. The van der Waals surface area contributed by atoms with Gasteiger partial charge < -0.3 is 20.4 Å². The van der Waals surface area contributed by atoms with Crippen molar-refractivity contribution in [2.75, 3.05) is 13.2 Å². The molecule has 0 fully saturated rings. The van der Waals surface area contributed by atoms with Crippen LogP contribution in [0.3, 0.4) is 0 Å². The third-order valence-corrected chi connectivity index (χ3v) is 3.52. The summed E-state index contributed by atoms with van der Waals surface area (Å²) in [7, 11) is 0. The topological polar surface area (TPSA) is 80.9 Å². The van der Waals surface area contributed by atoms with E-state index in [1.54, 1.807) is 48.5 Å². The number of phenols is 2. The summed E-state index contributed by atoms with van der Waals surface area (Å²) in [5, 5.41) is 37.9. The molecule has 0 aromatic heterocycles. The minimum absolute atomic E-state index is 0.114. The first-order valence-corrected chi connectivity index (χ1v) is 6.45. The van der Waals surface area contributed by atoms with Crippen LogP contribution in [-0.4, -0.2) is 33.6 Å². The van der Waals surface area contributed by atoms with Crippen LogP contribution in [-0.2, 0) is 0 Å². The summed E-state index contributed by atoms with van der Waals surface area (Å²) in [5.41, 5.74) is 1.69. The zero-order valence-corrected chi connectivity index (χ0v) is 11.0. The first kappa shape index (κ1) is 14.4. The number of phenolic OH excluding ortho intramolecular Hbond substituents is 2. The van der Waals surface area contributed by atoms with Crippen molar-refractivity contribution in [1.82, 2.24) is 0 Å². The average molecular weight is 274 g/mol. The standard InChI is InChI=1S/C16H18O4/c17-9-15(11-1-5-13(19)6-2-11)16(10-18)12-3-7-14(20)8-4-12/h1-8,15-20H,9-10H2/t15-,16+. The molecule has 20 heavy (non-hydrogen) atoms. The Kier molecular flexibility index (Phi) is 4.61. The Hall–Kier alpha value is -2.04. The Morgan fingerprint density at radius 1 is 0.600 bits per heavy atom. The van der Waals surface area contributed by atoms with Gasteiger partial charge in [0.25, 0.3) is 0 Å². The molecule has 0 saturated carbocycles. The maximum Gasteiger partial charge on any atom is 0.115 e. The van der Waals surface area contributed by atoms with Crippen molar-refractivity contribution in [3.05, 3.63) is 59.7 Å². The molecule has 0 bridgehead atoms. The predicted molar refractivity (Wildman–Crippen MR) is 75.9 cm³/mol. The van der Waals surface area contributed by atoms with Crippen LogP contribution in [0.4, 0.5) is 0 Å². The smallest absolute Gasteiger partial charge is 0.115 e. The van der Waals surface area contributed by atoms with Gasteiger partial charge >= 0.3 is 0 Å². The second kappa shape index (κ2) is 6.41. The van der Waals surface area contributed by atoms with Crippen molar-refractivity contribution < 1.29 is 20.4 Å². The number of aliphatic hydroxyl groups is 2. The highest BCUT2D eigenvalue weighted by molar-refractivity contribution is 5.34. The Labute approximate surface area is 117 Å². The average Bonchev–Trinajstić information content (AvgIpc) is 2.47. The summed E-state index contributed by atoms with van der Waals surface area (Å²) in [5.74, 6) is -0.221. The largest absolute Gasteiger partial charge is 0.508 e. The van der Waals surface area contributed by atoms with Crippen LogP contribution in [0.25, 0.3) is 0 Å². The van der Waals surface area contributed by atoms with Crippen molar-refractivity contribution >= 4 is 0 Å². The highest BCUT2D eigenvalue weighted by Crippen LogP contribution is 2.33. The highest BCUT2D eigenvalue weighted by atomic mass is 16.3. The summed E-state index contributed by atoms with van der Waals surface area (Å²) >= 11 is 0. The molecule has 106 valence electrons.